The highest BCUT2D eigenvalue weighted by Gasteiger charge is 2.56. The van der Waals surface area contributed by atoms with Crippen LogP contribution in [0.4, 0.5) is 4.79 Å². The van der Waals surface area contributed by atoms with E-state index < -0.39 is 72.8 Å². The van der Waals surface area contributed by atoms with Gasteiger partial charge in [-0.05, 0) is 0 Å². The molecule has 0 bridgehead atoms. The molecule has 0 aromatic carbocycles. The van der Waals surface area contributed by atoms with Crippen LogP contribution in [0.25, 0.3) is 0 Å². The number of carbonyl (C=O) groups is 2. The Kier molecular flexibility index (Phi) is 10.6. The molecule has 1 fully saturated rings. The van der Waals surface area contributed by atoms with E-state index in [0.29, 0.717) is 0 Å². The lowest BCUT2D eigenvalue weighted by molar-refractivity contribution is -0.178. The first-order valence-corrected chi connectivity index (χ1v) is 13.6. The Morgan fingerprint density at radius 3 is 2.46 bits per heavy atom. The SMILES string of the molecule is COO[PH](=O)OP(=O)(OC)OP(=O)(OC)OCC1OC(C2=C=CNC(=O)NC2=O)[C@@](C)(CO)[C@H]1O. The number of hydrogen-bond acceptors (Lipinski definition) is 15. The largest absolute Gasteiger partial charge is 0.490 e. The molecule has 2 aliphatic heterocycles. The van der Waals surface area contributed by atoms with Crippen molar-refractivity contribution >= 4 is 35.8 Å². The van der Waals surface area contributed by atoms with Gasteiger partial charge in [0.1, 0.15) is 12.2 Å². The standard InChI is InChI=1S/C15H25N2O15P3/c1-15(8-18)11(19)10(29-12(15)9-5-6-16-14(21)17-13(9)20)7-28-34(23,26-3)32-35(24,27-4)31-33(22)30-25-2/h6,10-12,18-19,33H,7-8H2,1-4H3,(H2,16,17,20,21)/t10?,11-,12?,15-,34?,35?/m0/s1. The molecule has 200 valence electrons. The number of imide groups is 1. The number of phosphoric acid groups is 2. The van der Waals surface area contributed by atoms with E-state index in [1.165, 1.54) is 6.92 Å². The van der Waals surface area contributed by atoms with Gasteiger partial charge in [-0.25, -0.2) is 23.1 Å². The van der Waals surface area contributed by atoms with E-state index >= 15 is 0 Å². The van der Waals surface area contributed by atoms with E-state index in [0.717, 1.165) is 27.5 Å². The number of amides is 3. The normalized spacial score (nSPS) is 31.0. The predicted octanol–water partition coefficient (Wildman–Crippen LogP) is 0.518. The van der Waals surface area contributed by atoms with Crippen molar-refractivity contribution in [3.8, 4) is 0 Å². The van der Waals surface area contributed by atoms with E-state index in [-0.39, 0.29) is 5.57 Å². The molecule has 0 spiro atoms. The molecule has 0 saturated carbocycles. The minimum Gasteiger partial charge on any atom is -0.396 e. The van der Waals surface area contributed by atoms with Gasteiger partial charge in [0.15, 0.2) is 0 Å². The van der Waals surface area contributed by atoms with Crippen LogP contribution in [0.2, 0.25) is 0 Å². The molecule has 0 radical (unpaired) electrons. The Balaban J connectivity index is 2.19. The lowest BCUT2D eigenvalue weighted by Crippen LogP contribution is -2.46. The van der Waals surface area contributed by atoms with Crippen LogP contribution in [-0.2, 0) is 55.0 Å². The van der Waals surface area contributed by atoms with Crippen LogP contribution in [0, 0.1) is 5.41 Å². The maximum atomic E-state index is 12.8. The monoisotopic (exact) mass is 566 g/mol. The second-order valence-corrected chi connectivity index (χ2v) is 11.8. The Labute approximate surface area is 199 Å². The summed E-state index contributed by atoms with van der Waals surface area (Å²) in [5.41, 5.74) is 0.788. The Morgan fingerprint density at radius 1 is 1.23 bits per heavy atom. The van der Waals surface area contributed by atoms with Crippen molar-refractivity contribution in [1.29, 1.82) is 0 Å². The van der Waals surface area contributed by atoms with Crippen LogP contribution in [0.15, 0.2) is 17.5 Å². The van der Waals surface area contributed by atoms with Crippen LogP contribution in [-0.4, -0.2) is 75.0 Å². The molecule has 4 N–H and O–H groups in total. The number of aliphatic hydroxyl groups is 2. The Morgan fingerprint density at radius 2 is 1.89 bits per heavy atom. The number of rotatable bonds is 13. The average molecular weight is 566 g/mol. The third-order valence-electron chi connectivity index (χ3n) is 4.83. The zero-order valence-corrected chi connectivity index (χ0v) is 21.6. The maximum Gasteiger partial charge on any atom is 0.490 e. The molecule has 17 nitrogen and oxygen atoms in total. The molecule has 1 saturated heterocycles. The minimum absolute atomic E-state index is 0.229. The summed E-state index contributed by atoms with van der Waals surface area (Å²) in [5, 5.41) is 24.9. The van der Waals surface area contributed by atoms with Gasteiger partial charge in [0.05, 0.1) is 37.4 Å². The summed E-state index contributed by atoms with van der Waals surface area (Å²) in [4.78, 5) is 28.0. The predicted molar refractivity (Wildman–Crippen MR) is 113 cm³/mol. The zero-order valence-electron chi connectivity index (χ0n) is 18.8. The summed E-state index contributed by atoms with van der Waals surface area (Å²) in [6.07, 6.45) is -3.12. The van der Waals surface area contributed by atoms with Crippen molar-refractivity contribution in [3.05, 3.63) is 17.5 Å². The molecule has 2 heterocycles. The summed E-state index contributed by atoms with van der Waals surface area (Å²) in [5.74, 6) is -0.896. The first kappa shape index (κ1) is 30.0. The van der Waals surface area contributed by atoms with Gasteiger partial charge in [-0.1, -0.05) is 12.7 Å². The number of phosphoric ester groups is 1. The van der Waals surface area contributed by atoms with Crippen LogP contribution in [0.5, 0.6) is 0 Å². The molecule has 35 heavy (non-hydrogen) atoms. The highest BCUT2D eigenvalue weighted by molar-refractivity contribution is 7.65. The summed E-state index contributed by atoms with van der Waals surface area (Å²) < 4.78 is 70.0. The van der Waals surface area contributed by atoms with E-state index in [1.807, 2.05) is 5.32 Å². The fourth-order valence-corrected chi connectivity index (χ4v) is 6.85. The molecule has 20 heteroatoms. The van der Waals surface area contributed by atoms with Crippen molar-refractivity contribution in [1.82, 2.24) is 10.6 Å². The van der Waals surface area contributed by atoms with E-state index in [2.05, 4.69) is 34.0 Å². The smallest absolute Gasteiger partial charge is 0.396 e. The number of hydrogen-bond donors (Lipinski definition) is 4. The van der Waals surface area contributed by atoms with Crippen LogP contribution in [0.3, 0.4) is 0 Å². The van der Waals surface area contributed by atoms with Gasteiger partial charge in [-0.3, -0.25) is 28.2 Å². The van der Waals surface area contributed by atoms with Gasteiger partial charge in [0, 0.05) is 20.4 Å². The molecule has 0 aliphatic carbocycles. The van der Waals surface area contributed by atoms with Gasteiger partial charge in [-0.2, -0.15) is 8.99 Å². The average Bonchev–Trinajstić information content (AvgIpc) is 2.93. The molecular formula is C15H25N2O15P3. The van der Waals surface area contributed by atoms with Crippen molar-refractivity contribution in [2.24, 2.45) is 5.41 Å². The summed E-state index contributed by atoms with van der Waals surface area (Å²) in [7, 11) is -10.5. The second kappa shape index (κ2) is 12.3. The molecule has 0 aromatic heterocycles. The second-order valence-electron chi connectivity index (χ2n) is 7.02. The zero-order chi connectivity index (χ0) is 26.4. The van der Waals surface area contributed by atoms with Crippen LogP contribution < -0.4 is 10.6 Å². The van der Waals surface area contributed by atoms with Crippen molar-refractivity contribution in [3.63, 3.8) is 0 Å². The fraction of sp³-hybridized carbons (Fsp3) is 0.667. The summed E-state index contributed by atoms with van der Waals surface area (Å²) >= 11 is 0. The maximum absolute atomic E-state index is 12.8. The highest BCUT2D eigenvalue weighted by Crippen LogP contribution is 2.68. The fourth-order valence-electron chi connectivity index (χ4n) is 2.99. The van der Waals surface area contributed by atoms with Gasteiger partial charge in [-0.15, -0.1) is 0 Å². The van der Waals surface area contributed by atoms with E-state index in [4.69, 9.17) is 13.6 Å². The van der Waals surface area contributed by atoms with E-state index in [9.17, 15) is 33.5 Å². The van der Waals surface area contributed by atoms with Gasteiger partial charge in [0.25, 0.3) is 5.91 Å². The quantitative estimate of drug-likeness (QED) is 0.103. The Bertz CT molecular complexity index is 998. The van der Waals surface area contributed by atoms with Crippen LogP contribution >= 0.6 is 23.9 Å². The molecule has 0 aromatic rings. The summed E-state index contributed by atoms with van der Waals surface area (Å²) in [6, 6.07) is -0.830. The lowest BCUT2D eigenvalue weighted by atomic mass is 9.77. The van der Waals surface area contributed by atoms with Gasteiger partial charge < -0.3 is 20.3 Å². The number of urea groups is 1. The topological polar surface area (TPSA) is 224 Å². The molecule has 3 amide bonds. The molecular weight excluding hydrogens is 541 g/mol. The number of nitrogens with one attached hydrogen (secondary N) is 2. The molecule has 5 unspecified atom stereocenters. The molecule has 2 rings (SSSR count). The molecule has 2 aliphatic rings. The first-order chi connectivity index (χ1) is 16.4. The minimum atomic E-state index is -4.82. The third kappa shape index (κ3) is 7.16. The van der Waals surface area contributed by atoms with E-state index in [1.54, 1.807) is 0 Å². The van der Waals surface area contributed by atoms with Gasteiger partial charge >= 0.3 is 29.9 Å². The first-order valence-electron chi connectivity index (χ1n) is 9.50. The number of ether oxygens (including phenoxy) is 1. The van der Waals surface area contributed by atoms with Gasteiger partial charge in [0.2, 0.25) is 0 Å². The van der Waals surface area contributed by atoms with Crippen molar-refractivity contribution in [2.45, 2.75) is 25.2 Å². The van der Waals surface area contributed by atoms with Crippen LogP contribution in [0.1, 0.15) is 6.92 Å². The highest BCUT2D eigenvalue weighted by atomic mass is 31.3. The number of aliphatic hydroxyl groups excluding tert-OH is 2. The molecule has 7 atom stereocenters. The Hall–Kier alpha value is -1.25. The lowest BCUT2D eigenvalue weighted by Gasteiger charge is -2.30. The van der Waals surface area contributed by atoms with Crippen molar-refractivity contribution in [2.75, 3.05) is 34.5 Å². The third-order valence-corrected chi connectivity index (χ3v) is 9.58. The summed E-state index contributed by atoms with van der Waals surface area (Å²) in [6.45, 7) is -0.0485. The number of carbonyl (C=O) groups excluding carboxylic acids is 2. The van der Waals surface area contributed by atoms with Crippen molar-refractivity contribution < 1.29 is 70.0 Å².